The summed E-state index contributed by atoms with van der Waals surface area (Å²) in [5, 5.41) is 8.23. The lowest BCUT2D eigenvalue weighted by Gasteiger charge is -2.10. The van der Waals surface area contributed by atoms with Crippen molar-refractivity contribution in [1.29, 1.82) is 0 Å². The SMILES string of the molecule is COCC(Cl)(Cl)C(=O)O. The summed E-state index contributed by atoms with van der Waals surface area (Å²) in [4.78, 5) is 10.1. The van der Waals surface area contributed by atoms with Crippen LogP contribution in [0.2, 0.25) is 0 Å². The van der Waals surface area contributed by atoms with Crippen LogP contribution < -0.4 is 0 Å². The van der Waals surface area contributed by atoms with Crippen LogP contribution >= 0.6 is 23.2 Å². The van der Waals surface area contributed by atoms with Crippen molar-refractivity contribution < 1.29 is 14.6 Å². The average molecular weight is 173 g/mol. The Kier molecular flexibility index (Phi) is 3.25. The van der Waals surface area contributed by atoms with E-state index < -0.39 is 10.3 Å². The number of hydrogen-bond acceptors (Lipinski definition) is 2. The predicted octanol–water partition coefficient (Wildman–Crippen LogP) is 0.891. The zero-order valence-corrected chi connectivity index (χ0v) is 6.24. The standard InChI is InChI=1S/C4H6Cl2O3/c1-9-2-4(5,6)3(7)8/h2H2,1H3,(H,7,8). The number of carboxylic acids is 1. The van der Waals surface area contributed by atoms with Gasteiger partial charge >= 0.3 is 5.97 Å². The molecule has 0 aromatic heterocycles. The molecule has 0 spiro atoms. The van der Waals surface area contributed by atoms with Gasteiger partial charge in [0.2, 0.25) is 4.33 Å². The molecule has 0 aliphatic carbocycles. The average Bonchev–Trinajstić information content (AvgIpc) is 1.65. The maximum atomic E-state index is 10.1. The molecule has 0 bridgehead atoms. The molecule has 0 aliphatic rings. The molecule has 0 heterocycles. The summed E-state index contributed by atoms with van der Waals surface area (Å²) < 4.78 is 2.61. The molecule has 0 aromatic rings. The van der Waals surface area contributed by atoms with Gasteiger partial charge in [-0.15, -0.1) is 0 Å². The molecule has 0 unspecified atom stereocenters. The van der Waals surface area contributed by atoms with Crippen LogP contribution in [0.3, 0.4) is 0 Å². The van der Waals surface area contributed by atoms with E-state index in [0.29, 0.717) is 0 Å². The van der Waals surface area contributed by atoms with E-state index in [1.54, 1.807) is 0 Å². The van der Waals surface area contributed by atoms with E-state index >= 15 is 0 Å². The molecule has 0 rings (SSSR count). The maximum Gasteiger partial charge on any atom is 0.342 e. The quantitative estimate of drug-likeness (QED) is 0.644. The van der Waals surface area contributed by atoms with Crippen molar-refractivity contribution in [3.8, 4) is 0 Å². The van der Waals surface area contributed by atoms with Gasteiger partial charge in [-0.1, -0.05) is 23.2 Å². The Hall–Kier alpha value is 0.01000. The van der Waals surface area contributed by atoms with Crippen molar-refractivity contribution in [1.82, 2.24) is 0 Å². The molecule has 0 saturated carbocycles. The first-order chi connectivity index (χ1) is 4.00. The van der Waals surface area contributed by atoms with Crippen LogP contribution in [0, 0.1) is 0 Å². The highest BCUT2D eigenvalue weighted by atomic mass is 35.5. The maximum absolute atomic E-state index is 10.1. The van der Waals surface area contributed by atoms with E-state index in [-0.39, 0.29) is 6.61 Å². The summed E-state index contributed by atoms with van der Waals surface area (Å²) in [5.41, 5.74) is 0. The molecule has 0 atom stereocenters. The third-order valence-corrected chi connectivity index (χ3v) is 1.18. The second kappa shape index (κ2) is 3.25. The van der Waals surface area contributed by atoms with E-state index in [0.717, 1.165) is 0 Å². The molecule has 5 heteroatoms. The summed E-state index contributed by atoms with van der Waals surface area (Å²) in [6.45, 7) is -0.217. The summed E-state index contributed by atoms with van der Waals surface area (Å²) in [6, 6.07) is 0. The summed E-state index contributed by atoms with van der Waals surface area (Å²) >= 11 is 10.4. The topological polar surface area (TPSA) is 46.5 Å². The Morgan fingerprint density at radius 3 is 2.33 bits per heavy atom. The molecule has 0 saturated heterocycles. The number of rotatable bonds is 3. The summed E-state index contributed by atoms with van der Waals surface area (Å²) in [5.74, 6) is -1.30. The zero-order valence-electron chi connectivity index (χ0n) is 4.73. The fourth-order valence-electron chi connectivity index (χ4n) is 0.243. The van der Waals surface area contributed by atoms with Gasteiger partial charge in [-0.05, 0) is 0 Å². The van der Waals surface area contributed by atoms with Crippen LogP contribution in [-0.4, -0.2) is 29.1 Å². The van der Waals surface area contributed by atoms with Gasteiger partial charge in [0.25, 0.3) is 0 Å². The van der Waals surface area contributed by atoms with Gasteiger partial charge < -0.3 is 9.84 Å². The van der Waals surface area contributed by atoms with E-state index in [9.17, 15) is 4.79 Å². The minimum atomic E-state index is -1.81. The van der Waals surface area contributed by atoms with E-state index in [1.165, 1.54) is 7.11 Å². The van der Waals surface area contributed by atoms with Crippen molar-refractivity contribution in [2.45, 2.75) is 4.33 Å². The molecule has 0 aliphatic heterocycles. The van der Waals surface area contributed by atoms with Crippen LogP contribution in [-0.2, 0) is 9.53 Å². The second-order valence-electron chi connectivity index (χ2n) is 1.44. The molecule has 54 valence electrons. The highest BCUT2D eigenvalue weighted by molar-refractivity contribution is 6.57. The molecular weight excluding hydrogens is 167 g/mol. The molecule has 0 fully saturated rings. The van der Waals surface area contributed by atoms with E-state index in [2.05, 4.69) is 4.74 Å². The smallest absolute Gasteiger partial charge is 0.342 e. The van der Waals surface area contributed by atoms with Crippen molar-refractivity contribution in [3.05, 3.63) is 0 Å². The number of halogens is 2. The van der Waals surface area contributed by atoms with Gasteiger partial charge in [-0.2, -0.15) is 0 Å². The van der Waals surface area contributed by atoms with Crippen LogP contribution in [0.25, 0.3) is 0 Å². The molecule has 0 aromatic carbocycles. The third-order valence-electron chi connectivity index (χ3n) is 0.639. The first kappa shape index (κ1) is 9.01. The van der Waals surface area contributed by atoms with E-state index in [1.807, 2.05) is 0 Å². The Morgan fingerprint density at radius 1 is 1.78 bits per heavy atom. The Balaban J connectivity index is 3.85. The van der Waals surface area contributed by atoms with E-state index in [4.69, 9.17) is 28.3 Å². The van der Waals surface area contributed by atoms with Gasteiger partial charge in [0.1, 0.15) is 0 Å². The largest absolute Gasteiger partial charge is 0.479 e. The molecule has 9 heavy (non-hydrogen) atoms. The molecule has 0 radical (unpaired) electrons. The lowest BCUT2D eigenvalue weighted by atomic mass is 10.4. The van der Waals surface area contributed by atoms with Gasteiger partial charge in [-0.25, -0.2) is 4.79 Å². The fourth-order valence-corrected chi connectivity index (χ4v) is 0.461. The summed E-state index contributed by atoms with van der Waals surface area (Å²) in [6.07, 6.45) is 0. The van der Waals surface area contributed by atoms with Crippen LogP contribution in [0.5, 0.6) is 0 Å². The minimum absolute atomic E-state index is 0.217. The monoisotopic (exact) mass is 172 g/mol. The normalized spacial score (nSPS) is 11.4. The van der Waals surface area contributed by atoms with Crippen molar-refractivity contribution in [2.75, 3.05) is 13.7 Å². The Labute approximate surface area is 62.5 Å². The number of methoxy groups -OCH3 is 1. The Morgan fingerprint density at radius 2 is 2.22 bits per heavy atom. The number of carboxylic acid groups (broad SMARTS) is 1. The zero-order chi connectivity index (χ0) is 7.49. The van der Waals surface area contributed by atoms with Crippen LogP contribution in [0.4, 0.5) is 0 Å². The van der Waals surface area contributed by atoms with Gasteiger partial charge in [-0.3, -0.25) is 0 Å². The van der Waals surface area contributed by atoms with Crippen LogP contribution in [0.15, 0.2) is 0 Å². The lowest BCUT2D eigenvalue weighted by molar-refractivity contribution is -0.138. The number of alkyl halides is 2. The highest BCUT2D eigenvalue weighted by Gasteiger charge is 2.33. The number of aliphatic carboxylic acids is 1. The number of hydrogen-bond donors (Lipinski definition) is 1. The lowest BCUT2D eigenvalue weighted by Crippen LogP contribution is -2.30. The first-order valence-corrected chi connectivity index (χ1v) is 2.86. The fraction of sp³-hybridized carbons (Fsp3) is 0.750. The predicted molar refractivity (Wildman–Crippen MR) is 33.9 cm³/mol. The molecule has 3 nitrogen and oxygen atoms in total. The molecular formula is C4H6Cl2O3. The first-order valence-electron chi connectivity index (χ1n) is 2.11. The van der Waals surface area contributed by atoms with Gasteiger partial charge in [0, 0.05) is 7.11 Å². The number of carbonyl (C=O) groups is 1. The summed E-state index contributed by atoms with van der Waals surface area (Å²) in [7, 11) is 1.32. The van der Waals surface area contributed by atoms with Gasteiger partial charge in [0.05, 0.1) is 6.61 Å². The minimum Gasteiger partial charge on any atom is -0.479 e. The number of ether oxygens (including phenoxy) is 1. The molecule has 1 N–H and O–H groups in total. The highest BCUT2D eigenvalue weighted by Crippen LogP contribution is 2.20. The second-order valence-corrected chi connectivity index (χ2v) is 2.93. The van der Waals surface area contributed by atoms with Gasteiger partial charge in [0.15, 0.2) is 0 Å². The third kappa shape index (κ3) is 2.89. The van der Waals surface area contributed by atoms with Crippen molar-refractivity contribution >= 4 is 29.2 Å². The van der Waals surface area contributed by atoms with Crippen molar-refractivity contribution in [3.63, 3.8) is 0 Å². The Bertz CT molecular complexity index is 112. The molecule has 0 amide bonds. The van der Waals surface area contributed by atoms with Crippen molar-refractivity contribution in [2.24, 2.45) is 0 Å². The van der Waals surface area contributed by atoms with Crippen LogP contribution in [0.1, 0.15) is 0 Å².